The Kier molecular flexibility index (Phi) is 5.61. The van der Waals surface area contributed by atoms with Crippen LogP contribution < -0.4 is 0 Å². The monoisotopic (exact) mass is 194 g/mol. The van der Waals surface area contributed by atoms with Crippen LogP contribution in [0.2, 0.25) is 0 Å². The molecule has 0 bridgehead atoms. The molecule has 2 nitrogen and oxygen atoms in total. The molecule has 0 atom stereocenters. The van der Waals surface area contributed by atoms with Crippen molar-refractivity contribution in [2.45, 2.75) is 33.6 Å². The number of carboxylic acid groups (broad SMARTS) is 1. The van der Waals surface area contributed by atoms with E-state index in [0.717, 1.165) is 18.4 Å². The molecule has 0 rings (SSSR count). The number of aliphatic carboxylic acids is 1. The molecule has 0 saturated heterocycles. The molecule has 0 aromatic heterocycles. The van der Waals surface area contributed by atoms with Crippen molar-refractivity contribution in [1.29, 1.82) is 0 Å². The third-order valence-corrected chi connectivity index (χ3v) is 1.97. The highest BCUT2D eigenvalue weighted by molar-refractivity contribution is 5.91. The lowest BCUT2D eigenvalue weighted by Crippen LogP contribution is -1.99. The Morgan fingerprint density at radius 3 is 2.36 bits per heavy atom. The SMILES string of the molecule is C=C/C(C(=O)O)=C(C)\C=C(\C)CCC. The standard InChI is InChI=1S/C12H18O2/c1-5-7-9(3)8-10(4)11(6-2)12(13)14/h6,8H,2,5,7H2,1,3-4H3,(H,13,14)/b9-8-,11-10+. The van der Waals surface area contributed by atoms with E-state index in [-0.39, 0.29) is 5.57 Å². The Hall–Kier alpha value is -1.31. The average Bonchev–Trinajstić information content (AvgIpc) is 2.04. The minimum atomic E-state index is -0.918. The van der Waals surface area contributed by atoms with E-state index < -0.39 is 5.97 Å². The molecule has 0 aliphatic rings. The molecule has 0 radical (unpaired) electrons. The first-order valence-electron chi connectivity index (χ1n) is 4.76. The van der Waals surface area contributed by atoms with E-state index in [4.69, 9.17) is 5.11 Å². The van der Waals surface area contributed by atoms with Gasteiger partial charge >= 0.3 is 5.97 Å². The molecule has 0 heterocycles. The highest BCUT2D eigenvalue weighted by Crippen LogP contribution is 2.12. The topological polar surface area (TPSA) is 37.3 Å². The second-order valence-corrected chi connectivity index (χ2v) is 3.35. The fourth-order valence-electron chi connectivity index (χ4n) is 1.33. The van der Waals surface area contributed by atoms with Gasteiger partial charge in [-0.15, -0.1) is 0 Å². The van der Waals surface area contributed by atoms with E-state index in [2.05, 4.69) is 13.5 Å². The molecule has 0 aromatic rings. The minimum absolute atomic E-state index is 0.278. The Morgan fingerprint density at radius 1 is 1.43 bits per heavy atom. The van der Waals surface area contributed by atoms with E-state index in [1.54, 1.807) is 6.92 Å². The van der Waals surface area contributed by atoms with Gasteiger partial charge in [-0.2, -0.15) is 0 Å². The Morgan fingerprint density at radius 2 is 2.00 bits per heavy atom. The first-order chi connectivity index (χ1) is 6.52. The summed E-state index contributed by atoms with van der Waals surface area (Å²) in [6, 6.07) is 0. The lowest BCUT2D eigenvalue weighted by Gasteiger charge is -2.01. The number of hydrogen-bond donors (Lipinski definition) is 1. The highest BCUT2D eigenvalue weighted by atomic mass is 16.4. The molecular weight excluding hydrogens is 176 g/mol. The summed E-state index contributed by atoms with van der Waals surface area (Å²) >= 11 is 0. The summed E-state index contributed by atoms with van der Waals surface area (Å²) < 4.78 is 0. The summed E-state index contributed by atoms with van der Waals surface area (Å²) in [7, 11) is 0. The maximum Gasteiger partial charge on any atom is 0.335 e. The van der Waals surface area contributed by atoms with Crippen molar-refractivity contribution in [2.24, 2.45) is 0 Å². The molecule has 2 heteroatoms. The van der Waals surface area contributed by atoms with Crippen molar-refractivity contribution >= 4 is 5.97 Å². The van der Waals surface area contributed by atoms with Gasteiger partial charge in [0.25, 0.3) is 0 Å². The van der Waals surface area contributed by atoms with Crippen LogP contribution in [0.5, 0.6) is 0 Å². The van der Waals surface area contributed by atoms with Gasteiger partial charge in [0.2, 0.25) is 0 Å². The maximum atomic E-state index is 10.8. The van der Waals surface area contributed by atoms with E-state index in [0.29, 0.717) is 0 Å². The third kappa shape index (κ3) is 4.08. The average molecular weight is 194 g/mol. The zero-order valence-corrected chi connectivity index (χ0v) is 9.13. The van der Waals surface area contributed by atoms with Gasteiger partial charge < -0.3 is 5.11 Å². The number of allylic oxidation sites excluding steroid dienone is 3. The van der Waals surface area contributed by atoms with Crippen molar-refractivity contribution in [3.63, 3.8) is 0 Å². The summed E-state index contributed by atoms with van der Waals surface area (Å²) in [4.78, 5) is 10.8. The summed E-state index contributed by atoms with van der Waals surface area (Å²) in [5, 5.41) is 8.83. The van der Waals surface area contributed by atoms with Crippen LogP contribution in [0.1, 0.15) is 33.6 Å². The molecule has 14 heavy (non-hydrogen) atoms. The predicted molar refractivity (Wildman–Crippen MR) is 59.2 cm³/mol. The molecular formula is C12H18O2. The van der Waals surface area contributed by atoms with Gasteiger partial charge in [0.15, 0.2) is 0 Å². The van der Waals surface area contributed by atoms with Crippen molar-refractivity contribution < 1.29 is 9.90 Å². The molecule has 0 amide bonds. The molecule has 0 saturated carbocycles. The van der Waals surface area contributed by atoms with Crippen LogP contribution in [-0.2, 0) is 4.79 Å². The smallest absolute Gasteiger partial charge is 0.335 e. The van der Waals surface area contributed by atoms with E-state index >= 15 is 0 Å². The quantitative estimate of drug-likeness (QED) is 0.538. The minimum Gasteiger partial charge on any atom is -0.478 e. The van der Waals surface area contributed by atoms with Gasteiger partial charge in [-0.05, 0) is 25.8 Å². The normalized spacial score (nSPS) is 13.5. The lowest BCUT2D eigenvalue weighted by atomic mass is 10.0. The van der Waals surface area contributed by atoms with Crippen LogP contribution in [0.15, 0.2) is 35.5 Å². The zero-order valence-electron chi connectivity index (χ0n) is 9.13. The van der Waals surface area contributed by atoms with Gasteiger partial charge in [-0.1, -0.05) is 37.6 Å². The van der Waals surface area contributed by atoms with Crippen LogP contribution in [0.3, 0.4) is 0 Å². The van der Waals surface area contributed by atoms with Crippen LogP contribution in [0.25, 0.3) is 0 Å². The van der Waals surface area contributed by atoms with Crippen molar-refractivity contribution in [2.75, 3.05) is 0 Å². The molecule has 0 aliphatic heterocycles. The Balaban J connectivity index is 4.88. The number of carbonyl (C=O) groups is 1. The number of hydrogen-bond acceptors (Lipinski definition) is 1. The Bertz CT molecular complexity index is 283. The van der Waals surface area contributed by atoms with Gasteiger partial charge in [-0.3, -0.25) is 0 Å². The van der Waals surface area contributed by atoms with Crippen LogP contribution in [0, 0.1) is 0 Å². The fraction of sp³-hybridized carbons (Fsp3) is 0.417. The van der Waals surface area contributed by atoms with Crippen molar-refractivity contribution in [1.82, 2.24) is 0 Å². The first kappa shape index (κ1) is 12.7. The molecule has 0 aromatic carbocycles. The van der Waals surface area contributed by atoms with Gasteiger partial charge in [0, 0.05) is 0 Å². The van der Waals surface area contributed by atoms with Gasteiger partial charge in [0.05, 0.1) is 5.57 Å². The molecule has 0 spiro atoms. The van der Waals surface area contributed by atoms with Crippen molar-refractivity contribution in [3.8, 4) is 0 Å². The second kappa shape index (κ2) is 6.19. The number of rotatable bonds is 5. The lowest BCUT2D eigenvalue weighted by molar-refractivity contribution is -0.132. The number of carboxylic acids is 1. The maximum absolute atomic E-state index is 10.8. The summed E-state index contributed by atoms with van der Waals surface area (Å²) in [5.74, 6) is -0.918. The van der Waals surface area contributed by atoms with Gasteiger partial charge in [-0.25, -0.2) is 4.79 Å². The predicted octanol–water partition coefficient (Wildman–Crippen LogP) is 3.32. The summed E-state index contributed by atoms with van der Waals surface area (Å²) in [6.45, 7) is 9.39. The third-order valence-electron chi connectivity index (χ3n) is 1.97. The highest BCUT2D eigenvalue weighted by Gasteiger charge is 2.05. The zero-order chi connectivity index (χ0) is 11.1. The first-order valence-corrected chi connectivity index (χ1v) is 4.76. The summed E-state index contributed by atoms with van der Waals surface area (Å²) in [6.07, 6.45) is 5.37. The van der Waals surface area contributed by atoms with E-state index in [1.807, 2.05) is 13.0 Å². The summed E-state index contributed by atoms with van der Waals surface area (Å²) in [5.41, 5.74) is 2.24. The molecule has 0 aliphatic carbocycles. The Labute approximate surface area is 85.6 Å². The largest absolute Gasteiger partial charge is 0.478 e. The molecule has 0 unspecified atom stereocenters. The van der Waals surface area contributed by atoms with Crippen molar-refractivity contribution in [3.05, 3.63) is 35.5 Å². The fourth-order valence-corrected chi connectivity index (χ4v) is 1.33. The van der Waals surface area contributed by atoms with E-state index in [1.165, 1.54) is 11.6 Å². The molecule has 0 fully saturated rings. The van der Waals surface area contributed by atoms with Crippen LogP contribution >= 0.6 is 0 Å². The molecule has 78 valence electrons. The second-order valence-electron chi connectivity index (χ2n) is 3.35. The molecule has 1 N–H and O–H groups in total. The van der Waals surface area contributed by atoms with E-state index in [9.17, 15) is 4.79 Å². The van der Waals surface area contributed by atoms with Crippen LogP contribution in [-0.4, -0.2) is 11.1 Å². The van der Waals surface area contributed by atoms with Gasteiger partial charge in [0.1, 0.15) is 0 Å². The van der Waals surface area contributed by atoms with Crippen LogP contribution in [0.4, 0.5) is 0 Å².